The van der Waals surface area contributed by atoms with Crippen LogP contribution in [-0.4, -0.2) is 5.78 Å². The SMILES string of the molecule is C=CC(=O)/C(=C\Cl)CC. The first-order chi connectivity index (χ1) is 4.26. The van der Waals surface area contributed by atoms with E-state index in [-0.39, 0.29) is 5.78 Å². The average molecular weight is 145 g/mol. The van der Waals surface area contributed by atoms with Crippen molar-refractivity contribution >= 4 is 17.4 Å². The second kappa shape index (κ2) is 4.33. The molecule has 9 heavy (non-hydrogen) atoms. The molecule has 1 nitrogen and oxygen atoms in total. The Morgan fingerprint density at radius 2 is 2.33 bits per heavy atom. The second-order valence-corrected chi connectivity index (χ2v) is 1.77. The Morgan fingerprint density at radius 1 is 1.78 bits per heavy atom. The molecule has 0 aliphatic carbocycles. The smallest absolute Gasteiger partial charge is 0.182 e. The third-order valence-electron chi connectivity index (χ3n) is 1.01. The third-order valence-corrected chi connectivity index (χ3v) is 1.28. The number of carbonyl (C=O) groups excluding carboxylic acids is 1. The van der Waals surface area contributed by atoms with Crippen LogP contribution in [0.4, 0.5) is 0 Å². The van der Waals surface area contributed by atoms with Gasteiger partial charge in [-0.05, 0) is 12.5 Å². The third kappa shape index (κ3) is 2.47. The molecule has 0 aromatic heterocycles. The van der Waals surface area contributed by atoms with Crippen molar-refractivity contribution in [3.05, 3.63) is 23.8 Å². The van der Waals surface area contributed by atoms with E-state index in [4.69, 9.17) is 11.6 Å². The van der Waals surface area contributed by atoms with Crippen molar-refractivity contribution < 1.29 is 4.79 Å². The van der Waals surface area contributed by atoms with Crippen LogP contribution in [0.3, 0.4) is 0 Å². The molecular weight excluding hydrogens is 136 g/mol. The van der Waals surface area contributed by atoms with Crippen molar-refractivity contribution in [1.29, 1.82) is 0 Å². The molecule has 0 bridgehead atoms. The Balaban J connectivity index is 4.13. The summed E-state index contributed by atoms with van der Waals surface area (Å²) in [7, 11) is 0. The molecular formula is C7H9ClO. The summed E-state index contributed by atoms with van der Waals surface area (Å²) in [5, 5.41) is 0. The predicted molar refractivity (Wildman–Crippen MR) is 39.4 cm³/mol. The lowest BCUT2D eigenvalue weighted by molar-refractivity contribution is -0.111. The molecule has 0 aromatic carbocycles. The molecule has 0 aliphatic rings. The molecule has 0 aliphatic heterocycles. The summed E-state index contributed by atoms with van der Waals surface area (Å²) in [5.41, 5.74) is 1.90. The van der Waals surface area contributed by atoms with E-state index in [1.54, 1.807) is 0 Å². The fourth-order valence-corrected chi connectivity index (χ4v) is 0.698. The van der Waals surface area contributed by atoms with Gasteiger partial charge in [0.1, 0.15) is 0 Å². The molecule has 0 radical (unpaired) electrons. The Bertz CT molecular complexity index is 147. The zero-order valence-corrected chi connectivity index (χ0v) is 6.11. The number of allylic oxidation sites excluding steroid dienone is 2. The van der Waals surface area contributed by atoms with Crippen LogP contribution >= 0.6 is 11.6 Å². The number of halogens is 1. The van der Waals surface area contributed by atoms with Crippen molar-refractivity contribution in [3.63, 3.8) is 0 Å². The van der Waals surface area contributed by atoms with Crippen LogP contribution in [0, 0.1) is 0 Å². The van der Waals surface area contributed by atoms with E-state index < -0.39 is 0 Å². The summed E-state index contributed by atoms with van der Waals surface area (Å²) in [6.45, 7) is 5.20. The van der Waals surface area contributed by atoms with Gasteiger partial charge in [0.2, 0.25) is 0 Å². The molecule has 0 N–H and O–H groups in total. The molecule has 0 saturated carbocycles. The predicted octanol–water partition coefficient (Wildman–Crippen LogP) is 2.27. The van der Waals surface area contributed by atoms with Gasteiger partial charge >= 0.3 is 0 Å². The number of hydrogen-bond acceptors (Lipinski definition) is 1. The fraction of sp³-hybridized carbons (Fsp3) is 0.286. The van der Waals surface area contributed by atoms with E-state index in [9.17, 15) is 4.79 Å². The van der Waals surface area contributed by atoms with Gasteiger partial charge in [-0.2, -0.15) is 0 Å². The van der Waals surface area contributed by atoms with Gasteiger partial charge in [0.05, 0.1) is 0 Å². The van der Waals surface area contributed by atoms with E-state index in [1.165, 1.54) is 11.6 Å². The second-order valence-electron chi connectivity index (χ2n) is 1.56. The summed E-state index contributed by atoms with van der Waals surface area (Å²) in [5.74, 6) is -0.0903. The Labute approximate surface area is 60.0 Å². The lowest BCUT2D eigenvalue weighted by Gasteiger charge is -1.92. The highest BCUT2D eigenvalue weighted by Crippen LogP contribution is 2.03. The largest absolute Gasteiger partial charge is 0.290 e. The van der Waals surface area contributed by atoms with Crippen molar-refractivity contribution in [3.8, 4) is 0 Å². The molecule has 0 fully saturated rings. The molecule has 0 unspecified atom stereocenters. The minimum Gasteiger partial charge on any atom is -0.290 e. The lowest BCUT2D eigenvalue weighted by atomic mass is 10.1. The van der Waals surface area contributed by atoms with Crippen molar-refractivity contribution in [2.75, 3.05) is 0 Å². The lowest BCUT2D eigenvalue weighted by Crippen LogP contribution is -1.94. The number of rotatable bonds is 3. The van der Waals surface area contributed by atoms with Crippen LogP contribution in [0.1, 0.15) is 13.3 Å². The first-order valence-corrected chi connectivity index (χ1v) is 3.16. The van der Waals surface area contributed by atoms with Crippen LogP contribution in [0.2, 0.25) is 0 Å². The van der Waals surface area contributed by atoms with E-state index in [2.05, 4.69) is 6.58 Å². The number of carbonyl (C=O) groups is 1. The minimum absolute atomic E-state index is 0.0903. The van der Waals surface area contributed by atoms with E-state index in [0.717, 1.165) is 0 Å². The topological polar surface area (TPSA) is 17.1 Å². The van der Waals surface area contributed by atoms with E-state index >= 15 is 0 Å². The van der Waals surface area contributed by atoms with Gasteiger partial charge in [-0.1, -0.05) is 25.1 Å². The molecule has 0 aromatic rings. The Kier molecular flexibility index (Phi) is 4.06. The van der Waals surface area contributed by atoms with Gasteiger partial charge < -0.3 is 0 Å². The van der Waals surface area contributed by atoms with Crippen LogP contribution in [-0.2, 0) is 4.79 Å². The maximum absolute atomic E-state index is 10.7. The van der Waals surface area contributed by atoms with Crippen LogP contribution in [0.25, 0.3) is 0 Å². The summed E-state index contributed by atoms with van der Waals surface area (Å²) in [4.78, 5) is 10.7. The van der Waals surface area contributed by atoms with Gasteiger partial charge in [0.25, 0.3) is 0 Å². The number of hydrogen-bond donors (Lipinski definition) is 0. The maximum atomic E-state index is 10.7. The molecule has 0 amide bonds. The van der Waals surface area contributed by atoms with Gasteiger partial charge in [-0.25, -0.2) is 0 Å². The monoisotopic (exact) mass is 144 g/mol. The fourth-order valence-electron chi connectivity index (χ4n) is 0.436. The van der Waals surface area contributed by atoms with Gasteiger partial charge in [0, 0.05) is 11.1 Å². The minimum atomic E-state index is -0.0903. The highest BCUT2D eigenvalue weighted by atomic mass is 35.5. The Morgan fingerprint density at radius 3 is 2.44 bits per heavy atom. The molecule has 0 saturated heterocycles. The average Bonchev–Trinajstić information content (AvgIpc) is 1.90. The molecule has 2 heteroatoms. The summed E-state index contributed by atoms with van der Waals surface area (Å²) in [6.07, 6.45) is 1.92. The van der Waals surface area contributed by atoms with Gasteiger partial charge in [0.15, 0.2) is 5.78 Å². The van der Waals surface area contributed by atoms with Crippen molar-refractivity contribution in [2.45, 2.75) is 13.3 Å². The van der Waals surface area contributed by atoms with Crippen LogP contribution < -0.4 is 0 Å². The molecule has 0 heterocycles. The molecule has 0 atom stereocenters. The first-order valence-electron chi connectivity index (χ1n) is 2.72. The highest BCUT2D eigenvalue weighted by molar-refractivity contribution is 6.28. The summed E-state index contributed by atoms with van der Waals surface area (Å²) in [6, 6.07) is 0. The Hall–Kier alpha value is -0.560. The quantitative estimate of drug-likeness (QED) is 0.556. The van der Waals surface area contributed by atoms with Crippen LogP contribution in [0.15, 0.2) is 23.8 Å². The summed E-state index contributed by atoms with van der Waals surface area (Å²) >= 11 is 5.31. The van der Waals surface area contributed by atoms with Crippen molar-refractivity contribution in [1.82, 2.24) is 0 Å². The number of ketones is 1. The molecule has 0 spiro atoms. The van der Waals surface area contributed by atoms with Gasteiger partial charge in [-0.3, -0.25) is 4.79 Å². The normalized spacial score (nSPS) is 11.1. The van der Waals surface area contributed by atoms with Crippen molar-refractivity contribution in [2.24, 2.45) is 0 Å². The van der Waals surface area contributed by atoms with E-state index in [1.807, 2.05) is 6.92 Å². The van der Waals surface area contributed by atoms with E-state index in [0.29, 0.717) is 12.0 Å². The first kappa shape index (κ1) is 8.44. The van der Waals surface area contributed by atoms with Gasteiger partial charge in [-0.15, -0.1) is 0 Å². The maximum Gasteiger partial charge on any atom is 0.182 e. The highest BCUT2D eigenvalue weighted by Gasteiger charge is 1.99. The standard InChI is InChI=1S/C7H9ClO/c1-3-6(5-8)7(9)4-2/h4-5H,2-3H2,1H3/b6-5-. The van der Waals surface area contributed by atoms with Crippen LogP contribution in [0.5, 0.6) is 0 Å². The zero-order chi connectivity index (χ0) is 7.28. The molecule has 0 rings (SSSR count). The summed E-state index contributed by atoms with van der Waals surface area (Å²) < 4.78 is 0. The zero-order valence-electron chi connectivity index (χ0n) is 5.36. The molecule has 50 valence electrons.